The molecule has 0 aromatic carbocycles. The van der Waals surface area contributed by atoms with Crippen molar-refractivity contribution < 1.29 is 67.9 Å². The minimum atomic E-state index is -1.13. The number of ketones is 1. The van der Waals surface area contributed by atoms with Crippen molar-refractivity contribution in [2.45, 2.75) is 207 Å². The van der Waals surface area contributed by atoms with E-state index in [1.54, 1.807) is 0 Å². The molecule has 19 atom stereocenters. The molecular formula is C41H60O14. The van der Waals surface area contributed by atoms with Gasteiger partial charge in [0.2, 0.25) is 0 Å². The molecule has 0 spiro atoms. The molecule has 0 aromatic rings. The summed E-state index contributed by atoms with van der Waals surface area (Å²) in [6.45, 7) is 10.7. The van der Waals surface area contributed by atoms with E-state index in [2.05, 4.69) is 20.1 Å². The van der Waals surface area contributed by atoms with E-state index in [1.165, 1.54) is 0 Å². The SMILES string of the molecule is C=C1C[C@@H]2CCC(=O)C[C@H]3O[C@H]4C(O)[C@H]5OC(CCC5O[C@H]4C3O)CC(=O)O[C@@H]3CC4OC(CCO)C(O)C[C@@H]4O[C@H]3C[C@H]3OC(CC[C@@H]1O2)C[C@@H](C)C3=C. The molecular weight excluding hydrogens is 716 g/mol. The van der Waals surface area contributed by atoms with Gasteiger partial charge in [-0.1, -0.05) is 20.1 Å². The lowest BCUT2D eigenvalue weighted by molar-refractivity contribution is -0.263. The number of esters is 1. The molecule has 0 aliphatic carbocycles. The summed E-state index contributed by atoms with van der Waals surface area (Å²) in [5.41, 5.74) is 1.97. The summed E-state index contributed by atoms with van der Waals surface area (Å²) in [6, 6.07) is 0. The van der Waals surface area contributed by atoms with Gasteiger partial charge in [0.15, 0.2) is 0 Å². The van der Waals surface area contributed by atoms with Crippen LogP contribution in [0.1, 0.15) is 96.8 Å². The van der Waals surface area contributed by atoms with Crippen LogP contribution in [0.5, 0.6) is 0 Å². The second kappa shape index (κ2) is 16.8. The highest BCUT2D eigenvalue weighted by Crippen LogP contribution is 2.42. The molecule has 8 rings (SSSR count). The molecule has 14 nitrogen and oxygen atoms in total. The molecule has 8 aliphatic heterocycles. The third-order valence-corrected chi connectivity index (χ3v) is 13.5. The molecule has 0 saturated carbocycles. The highest BCUT2D eigenvalue weighted by Gasteiger charge is 2.57. The molecule has 0 aromatic heterocycles. The van der Waals surface area contributed by atoms with Crippen molar-refractivity contribution in [3.05, 3.63) is 24.3 Å². The van der Waals surface area contributed by atoms with E-state index in [-0.39, 0.29) is 68.4 Å². The topological polar surface area (TPSA) is 189 Å². The summed E-state index contributed by atoms with van der Waals surface area (Å²) in [7, 11) is 0. The number of carbonyl (C=O) groups is 2. The van der Waals surface area contributed by atoms with E-state index in [4.69, 9.17) is 37.9 Å². The summed E-state index contributed by atoms with van der Waals surface area (Å²) >= 11 is 0. The van der Waals surface area contributed by atoms with Gasteiger partial charge in [-0.3, -0.25) is 9.59 Å². The van der Waals surface area contributed by atoms with E-state index >= 15 is 0 Å². The molecule has 0 radical (unpaired) electrons. The number of aliphatic hydroxyl groups is 4. The largest absolute Gasteiger partial charge is 0.459 e. The maximum absolute atomic E-state index is 13.7. The lowest BCUT2D eigenvalue weighted by atomic mass is 9.83. The maximum Gasteiger partial charge on any atom is 0.308 e. The van der Waals surface area contributed by atoms with Crippen molar-refractivity contribution in [2.75, 3.05) is 6.61 Å². The Morgan fingerprint density at radius 3 is 2.15 bits per heavy atom. The van der Waals surface area contributed by atoms with Gasteiger partial charge in [0, 0.05) is 38.7 Å². The first kappa shape index (κ1) is 40.0. The van der Waals surface area contributed by atoms with Crippen molar-refractivity contribution >= 4 is 11.8 Å². The number of ether oxygens (including phenoxy) is 8. The zero-order valence-corrected chi connectivity index (χ0v) is 31.9. The monoisotopic (exact) mass is 776 g/mol. The Morgan fingerprint density at radius 2 is 1.33 bits per heavy atom. The summed E-state index contributed by atoms with van der Waals surface area (Å²) in [5.74, 6) is -0.345. The van der Waals surface area contributed by atoms with Crippen molar-refractivity contribution in [1.29, 1.82) is 0 Å². The Balaban J connectivity index is 1.02. The highest BCUT2D eigenvalue weighted by molar-refractivity contribution is 5.79. The van der Waals surface area contributed by atoms with E-state index in [1.807, 2.05) is 0 Å². The van der Waals surface area contributed by atoms with Gasteiger partial charge in [0.1, 0.15) is 42.4 Å². The van der Waals surface area contributed by atoms with E-state index in [0.717, 1.165) is 30.4 Å². The Labute approximate surface area is 322 Å². The normalized spacial score (nSPS) is 49.8. The summed E-state index contributed by atoms with van der Waals surface area (Å²) in [4.78, 5) is 26.9. The predicted octanol–water partition coefficient (Wildman–Crippen LogP) is 2.14. The van der Waals surface area contributed by atoms with Crippen LogP contribution < -0.4 is 0 Å². The van der Waals surface area contributed by atoms with Crippen LogP contribution in [-0.2, 0) is 47.5 Å². The zero-order valence-electron chi connectivity index (χ0n) is 31.9. The zero-order chi connectivity index (χ0) is 38.5. The fourth-order valence-corrected chi connectivity index (χ4v) is 10.4. The highest BCUT2D eigenvalue weighted by atomic mass is 16.6. The van der Waals surface area contributed by atoms with Crippen molar-refractivity contribution in [3.63, 3.8) is 0 Å². The molecule has 8 heterocycles. The lowest BCUT2D eigenvalue weighted by Gasteiger charge is -2.48. The molecule has 308 valence electrons. The number of Topliss-reactive ketones (excluding diaryl/α,β-unsaturated/α-hetero) is 1. The number of fused-ring (bicyclic) bond motifs is 8. The number of carbonyl (C=O) groups excluding carboxylic acids is 2. The number of aliphatic hydroxyl groups excluding tert-OH is 4. The van der Waals surface area contributed by atoms with E-state index in [0.29, 0.717) is 44.9 Å². The second-order valence-electron chi connectivity index (χ2n) is 17.4. The van der Waals surface area contributed by atoms with Crippen LogP contribution in [0.15, 0.2) is 24.3 Å². The quantitative estimate of drug-likeness (QED) is 0.236. The van der Waals surface area contributed by atoms with E-state index in [9.17, 15) is 30.0 Å². The van der Waals surface area contributed by atoms with Gasteiger partial charge in [-0.15, -0.1) is 0 Å². The van der Waals surface area contributed by atoms with Crippen LogP contribution in [0.25, 0.3) is 0 Å². The van der Waals surface area contributed by atoms with Gasteiger partial charge in [-0.05, 0) is 68.4 Å². The Kier molecular flexibility index (Phi) is 12.2. The molecule has 8 bridgehead atoms. The van der Waals surface area contributed by atoms with Crippen LogP contribution in [0, 0.1) is 5.92 Å². The molecule has 14 heteroatoms. The lowest BCUT2D eigenvalue weighted by Crippen LogP contribution is -2.61. The standard InChI is InChI=1S/C41H60O14/c1-19-12-24-6-8-27-20(2)13-23(48-27)5-4-22(43)14-35-37(46)40-41(55-35)38(47)39-29(54-40)9-7-25(50-39)15-36(45)53-34-18-33-31(16-26(44)28(51-33)10-11-42)52-32(34)17-30(49-24)21(19)3/h19,23-35,37-42,44,46-47H,2-18H2,1H3/t19-,23+,24?,25?,26?,27+,28?,29?,30-,31+,32+,33?,34-,35-,37?,38?,39+,40+,41+/m1/s1. The van der Waals surface area contributed by atoms with Crippen molar-refractivity contribution in [1.82, 2.24) is 0 Å². The van der Waals surface area contributed by atoms with Crippen LogP contribution >= 0.6 is 0 Å². The van der Waals surface area contributed by atoms with Crippen LogP contribution in [-0.4, -0.2) is 149 Å². The van der Waals surface area contributed by atoms with Crippen molar-refractivity contribution in [3.8, 4) is 0 Å². The van der Waals surface area contributed by atoms with E-state index < -0.39 is 91.4 Å². The Bertz CT molecular complexity index is 1420. The second-order valence-corrected chi connectivity index (χ2v) is 17.4. The molecule has 4 N–H and O–H groups in total. The summed E-state index contributed by atoms with van der Waals surface area (Å²) in [5, 5.41) is 43.0. The Hall–Kier alpha value is -1.82. The van der Waals surface area contributed by atoms with Crippen LogP contribution in [0.2, 0.25) is 0 Å². The molecule has 8 unspecified atom stereocenters. The Morgan fingerprint density at radius 1 is 0.618 bits per heavy atom. The third kappa shape index (κ3) is 8.52. The van der Waals surface area contributed by atoms with Gasteiger partial charge in [-0.2, -0.15) is 0 Å². The molecule has 0 amide bonds. The average Bonchev–Trinajstić information content (AvgIpc) is 3.66. The smallest absolute Gasteiger partial charge is 0.308 e. The fourth-order valence-electron chi connectivity index (χ4n) is 10.4. The number of hydrogen-bond donors (Lipinski definition) is 4. The first-order valence-electron chi connectivity index (χ1n) is 20.7. The average molecular weight is 777 g/mol. The van der Waals surface area contributed by atoms with Gasteiger partial charge >= 0.3 is 5.97 Å². The summed E-state index contributed by atoms with van der Waals surface area (Å²) in [6.07, 6.45) is -4.60. The maximum atomic E-state index is 13.7. The fraction of sp³-hybridized carbons (Fsp3) is 0.854. The first-order valence-corrected chi connectivity index (χ1v) is 20.7. The van der Waals surface area contributed by atoms with Gasteiger partial charge < -0.3 is 58.3 Å². The van der Waals surface area contributed by atoms with Gasteiger partial charge in [0.05, 0.1) is 79.7 Å². The molecule has 8 aliphatic rings. The van der Waals surface area contributed by atoms with Crippen molar-refractivity contribution in [2.24, 2.45) is 5.92 Å². The van der Waals surface area contributed by atoms with Gasteiger partial charge in [-0.25, -0.2) is 0 Å². The van der Waals surface area contributed by atoms with Gasteiger partial charge in [0.25, 0.3) is 0 Å². The number of hydrogen-bond acceptors (Lipinski definition) is 14. The molecule has 8 fully saturated rings. The number of rotatable bonds is 2. The third-order valence-electron chi connectivity index (χ3n) is 13.5. The van der Waals surface area contributed by atoms with Crippen LogP contribution in [0.3, 0.4) is 0 Å². The minimum Gasteiger partial charge on any atom is -0.459 e. The molecule has 8 saturated heterocycles. The summed E-state index contributed by atoms with van der Waals surface area (Å²) < 4.78 is 50.9. The minimum absolute atomic E-state index is 0.00312. The van der Waals surface area contributed by atoms with Crippen LogP contribution in [0.4, 0.5) is 0 Å². The predicted molar refractivity (Wildman–Crippen MR) is 193 cm³/mol. The molecule has 55 heavy (non-hydrogen) atoms. The first-order chi connectivity index (χ1) is 26.4.